The number of anilines is 1. The van der Waals surface area contributed by atoms with Gasteiger partial charge in [0.15, 0.2) is 0 Å². The van der Waals surface area contributed by atoms with Crippen molar-refractivity contribution >= 4 is 5.69 Å². The maximum Gasteiger partial charge on any atom is 0.130 e. The Morgan fingerprint density at radius 3 is 2.86 bits per heavy atom. The molecule has 1 fully saturated rings. The molecule has 3 atom stereocenters. The zero-order valence-corrected chi connectivity index (χ0v) is 13.2. The highest BCUT2D eigenvalue weighted by Crippen LogP contribution is 2.21. The zero-order valence-electron chi connectivity index (χ0n) is 13.2. The predicted molar refractivity (Wildman–Crippen MR) is 86.1 cm³/mol. The van der Waals surface area contributed by atoms with Gasteiger partial charge in [-0.15, -0.1) is 0 Å². The summed E-state index contributed by atoms with van der Waals surface area (Å²) in [6.45, 7) is 3.07. The van der Waals surface area contributed by atoms with Gasteiger partial charge in [0.1, 0.15) is 18.1 Å². The molecular weight excluding hydrogens is 282 g/mol. The summed E-state index contributed by atoms with van der Waals surface area (Å²) in [7, 11) is 0. The van der Waals surface area contributed by atoms with Crippen molar-refractivity contribution in [2.75, 3.05) is 18.5 Å². The fourth-order valence-electron chi connectivity index (χ4n) is 2.45. The van der Waals surface area contributed by atoms with Crippen LogP contribution in [0.4, 0.5) is 5.69 Å². The molecule has 0 saturated carbocycles. The molecule has 0 unspecified atom stereocenters. The monoisotopic (exact) mass is 309 g/mol. The fraction of sp³-hybridized carbons (Fsp3) is 0.647. The molecule has 0 aliphatic carbocycles. The molecule has 0 bridgehead atoms. The van der Waals surface area contributed by atoms with Crippen molar-refractivity contribution < 1.29 is 19.7 Å². The van der Waals surface area contributed by atoms with Crippen LogP contribution in [0.15, 0.2) is 24.3 Å². The van der Waals surface area contributed by atoms with Gasteiger partial charge in [-0.1, -0.05) is 32.3 Å². The van der Waals surface area contributed by atoms with Gasteiger partial charge < -0.3 is 25.0 Å². The first-order valence-electron chi connectivity index (χ1n) is 8.16. The van der Waals surface area contributed by atoms with E-state index in [4.69, 9.17) is 9.47 Å². The molecule has 1 heterocycles. The molecule has 1 aromatic carbocycles. The van der Waals surface area contributed by atoms with E-state index in [1.54, 1.807) is 0 Å². The molecule has 22 heavy (non-hydrogen) atoms. The minimum absolute atomic E-state index is 0.145. The van der Waals surface area contributed by atoms with Crippen molar-refractivity contribution in [2.45, 2.75) is 57.5 Å². The lowest BCUT2D eigenvalue weighted by atomic mass is 10.1. The highest BCUT2D eigenvalue weighted by molar-refractivity contribution is 5.48. The molecule has 0 aromatic heterocycles. The molecule has 5 nitrogen and oxygen atoms in total. The van der Waals surface area contributed by atoms with E-state index in [9.17, 15) is 10.2 Å². The summed E-state index contributed by atoms with van der Waals surface area (Å²) in [5.41, 5.74) is 0.889. The summed E-state index contributed by atoms with van der Waals surface area (Å²) in [5.74, 6) is 0.831. The van der Waals surface area contributed by atoms with Crippen molar-refractivity contribution in [1.29, 1.82) is 0 Å². The number of benzene rings is 1. The van der Waals surface area contributed by atoms with Crippen LogP contribution in [0.5, 0.6) is 5.75 Å². The molecule has 124 valence electrons. The van der Waals surface area contributed by atoms with Gasteiger partial charge in [-0.2, -0.15) is 0 Å². The number of aliphatic hydroxyl groups excluding tert-OH is 2. The minimum Gasteiger partial charge on any atom is -0.494 e. The van der Waals surface area contributed by atoms with Crippen LogP contribution in [-0.4, -0.2) is 41.9 Å². The number of hydrogen-bond acceptors (Lipinski definition) is 5. The van der Waals surface area contributed by atoms with Crippen molar-refractivity contribution in [3.8, 4) is 5.75 Å². The molecule has 0 radical (unpaired) electrons. The van der Waals surface area contributed by atoms with Gasteiger partial charge >= 0.3 is 0 Å². The number of nitrogens with one attached hydrogen (secondary N) is 1. The Morgan fingerprint density at radius 2 is 2.09 bits per heavy atom. The third-order valence-corrected chi connectivity index (χ3v) is 3.80. The second-order valence-corrected chi connectivity index (χ2v) is 5.77. The van der Waals surface area contributed by atoms with Gasteiger partial charge in [-0.05, 0) is 18.6 Å². The van der Waals surface area contributed by atoms with Crippen molar-refractivity contribution in [3.63, 3.8) is 0 Å². The summed E-state index contributed by atoms with van der Waals surface area (Å²) in [4.78, 5) is 0. The Balaban J connectivity index is 1.78. The first-order chi connectivity index (χ1) is 10.7. The van der Waals surface area contributed by atoms with Crippen LogP contribution >= 0.6 is 0 Å². The smallest absolute Gasteiger partial charge is 0.130 e. The first kappa shape index (κ1) is 17.1. The lowest BCUT2D eigenvalue weighted by molar-refractivity contribution is -0.112. The van der Waals surface area contributed by atoms with Gasteiger partial charge in [0.05, 0.1) is 19.3 Å². The minimum atomic E-state index is -0.796. The van der Waals surface area contributed by atoms with E-state index in [0.717, 1.165) is 24.5 Å². The maximum atomic E-state index is 9.67. The molecule has 0 spiro atoms. The first-order valence-corrected chi connectivity index (χ1v) is 8.16. The number of ether oxygens (including phenoxy) is 2. The Hall–Kier alpha value is -1.30. The van der Waals surface area contributed by atoms with Gasteiger partial charge in [0, 0.05) is 18.2 Å². The van der Waals surface area contributed by atoms with Gasteiger partial charge in [0.2, 0.25) is 0 Å². The molecule has 1 aromatic rings. The van der Waals surface area contributed by atoms with Crippen LogP contribution in [-0.2, 0) is 4.74 Å². The lowest BCUT2D eigenvalue weighted by Crippen LogP contribution is -2.44. The van der Waals surface area contributed by atoms with E-state index in [-0.39, 0.29) is 12.8 Å². The third-order valence-electron chi connectivity index (χ3n) is 3.80. The second kappa shape index (κ2) is 8.98. The van der Waals surface area contributed by atoms with Crippen molar-refractivity contribution in [3.05, 3.63) is 24.3 Å². The molecule has 1 saturated heterocycles. The van der Waals surface area contributed by atoms with Gasteiger partial charge in [-0.3, -0.25) is 0 Å². The molecular formula is C17H27NO4. The highest BCUT2D eigenvalue weighted by Gasteiger charge is 2.28. The average Bonchev–Trinajstić information content (AvgIpc) is 2.51. The lowest BCUT2D eigenvalue weighted by Gasteiger charge is -2.31. The summed E-state index contributed by atoms with van der Waals surface area (Å²) >= 11 is 0. The average molecular weight is 309 g/mol. The number of aliphatic hydroxyl groups is 2. The Bertz CT molecular complexity index is 440. The molecule has 1 aliphatic rings. The predicted octanol–water partition coefficient (Wildman–Crippen LogP) is 2.53. The number of rotatable bonds is 8. The molecule has 3 N–H and O–H groups in total. The Kier molecular flexibility index (Phi) is 6.96. The highest BCUT2D eigenvalue weighted by atomic mass is 16.5. The second-order valence-electron chi connectivity index (χ2n) is 5.77. The molecule has 5 heteroatoms. The Morgan fingerprint density at radius 1 is 1.23 bits per heavy atom. The number of hydrogen-bond donors (Lipinski definition) is 3. The van der Waals surface area contributed by atoms with E-state index < -0.39 is 12.2 Å². The van der Waals surface area contributed by atoms with E-state index in [0.29, 0.717) is 6.42 Å². The molecule has 2 rings (SSSR count). The maximum absolute atomic E-state index is 9.67. The summed E-state index contributed by atoms with van der Waals surface area (Å²) in [6.07, 6.45) is 3.27. The van der Waals surface area contributed by atoms with E-state index in [1.165, 1.54) is 19.3 Å². The van der Waals surface area contributed by atoms with Crippen LogP contribution in [0.3, 0.4) is 0 Å². The zero-order chi connectivity index (χ0) is 15.8. The van der Waals surface area contributed by atoms with Crippen LogP contribution in [0.25, 0.3) is 0 Å². The van der Waals surface area contributed by atoms with E-state index in [1.807, 2.05) is 24.3 Å². The largest absolute Gasteiger partial charge is 0.494 e. The van der Waals surface area contributed by atoms with Gasteiger partial charge in [0.25, 0.3) is 0 Å². The van der Waals surface area contributed by atoms with Crippen LogP contribution in [0.2, 0.25) is 0 Å². The third kappa shape index (κ3) is 5.48. The standard InChI is InChI=1S/C17H27NO4/c1-2-3-4-5-9-21-14-8-6-7-13(10-14)18-17-11-15(19)16(20)12-22-17/h6-8,10,15-20H,2-5,9,11-12H2,1H3/t15-,16+,17+/m1/s1. The Labute approximate surface area is 132 Å². The van der Waals surface area contributed by atoms with Gasteiger partial charge in [-0.25, -0.2) is 0 Å². The molecule has 0 amide bonds. The van der Waals surface area contributed by atoms with Crippen LogP contribution < -0.4 is 10.1 Å². The SMILES string of the molecule is CCCCCCOc1cccc(N[C@@H]2C[C@@H](O)[C@@H](O)CO2)c1. The van der Waals surface area contributed by atoms with Crippen LogP contribution in [0, 0.1) is 0 Å². The molecule has 1 aliphatic heterocycles. The quantitative estimate of drug-likeness (QED) is 0.644. The summed E-state index contributed by atoms with van der Waals surface area (Å²) < 4.78 is 11.2. The van der Waals surface area contributed by atoms with Crippen molar-refractivity contribution in [1.82, 2.24) is 0 Å². The topological polar surface area (TPSA) is 71.0 Å². The number of unbranched alkanes of at least 4 members (excludes halogenated alkanes) is 3. The van der Waals surface area contributed by atoms with Crippen LogP contribution in [0.1, 0.15) is 39.0 Å². The van der Waals surface area contributed by atoms with E-state index >= 15 is 0 Å². The van der Waals surface area contributed by atoms with E-state index in [2.05, 4.69) is 12.2 Å². The summed E-state index contributed by atoms with van der Waals surface area (Å²) in [6, 6.07) is 7.73. The normalized spacial score (nSPS) is 25.0. The van der Waals surface area contributed by atoms with Crippen molar-refractivity contribution in [2.24, 2.45) is 0 Å². The summed E-state index contributed by atoms with van der Waals surface area (Å²) in [5, 5.41) is 22.3. The fourth-order valence-corrected chi connectivity index (χ4v) is 2.45.